The van der Waals surface area contributed by atoms with Crippen LogP contribution in [-0.4, -0.2) is 52.8 Å². The van der Waals surface area contributed by atoms with E-state index in [2.05, 4.69) is 4.98 Å². The van der Waals surface area contributed by atoms with Gasteiger partial charge in [0.25, 0.3) is 5.56 Å². The quantitative estimate of drug-likeness (QED) is 0.772. The smallest absolute Gasteiger partial charge is 0.330 e. The maximum Gasteiger partial charge on any atom is 0.330 e. The van der Waals surface area contributed by atoms with Crippen molar-refractivity contribution >= 4 is 0 Å². The van der Waals surface area contributed by atoms with Crippen LogP contribution >= 0.6 is 0 Å². The first kappa shape index (κ1) is 20.8. The van der Waals surface area contributed by atoms with Crippen LogP contribution in [0.15, 0.2) is 15.8 Å². The number of rotatable bonds is 6. The SMILES string of the molecule is CCC1OC(n2cc(C(C)(C)C)c(=O)[nH]c2=O)C(OC(C)COC)C1O. The van der Waals surface area contributed by atoms with E-state index in [1.807, 2.05) is 34.6 Å². The van der Waals surface area contributed by atoms with Gasteiger partial charge in [-0.3, -0.25) is 14.3 Å². The maximum atomic E-state index is 12.4. The van der Waals surface area contributed by atoms with Crippen LogP contribution in [0.1, 0.15) is 52.8 Å². The van der Waals surface area contributed by atoms with Crippen LogP contribution in [0.25, 0.3) is 0 Å². The average molecular weight is 370 g/mol. The molecule has 0 saturated carbocycles. The number of methoxy groups -OCH3 is 1. The Labute approximate surface area is 153 Å². The highest BCUT2D eigenvalue weighted by molar-refractivity contribution is 5.16. The molecular weight excluding hydrogens is 340 g/mol. The lowest BCUT2D eigenvalue weighted by molar-refractivity contribution is -0.111. The van der Waals surface area contributed by atoms with Crippen molar-refractivity contribution in [3.8, 4) is 0 Å². The highest BCUT2D eigenvalue weighted by Crippen LogP contribution is 2.33. The van der Waals surface area contributed by atoms with Gasteiger partial charge in [0.05, 0.1) is 18.8 Å². The summed E-state index contributed by atoms with van der Waals surface area (Å²) in [5.41, 5.74) is -1.01. The zero-order chi connectivity index (χ0) is 19.6. The first-order valence-electron chi connectivity index (χ1n) is 8.94. The summed E-state index contributed by atoms with van der Waals surface area (Å²) in [6.45, 7) is 9.73. The fraction of sp³-hybridized carbons (Fsp3) is 0.778. The lowest BCUT2D eigenvalue weighted by atomic mass is 9.89. The topological polar surface area (TPSA) is 103 Å². The van der Waals surface area contributed by atoms with Gasteiger partial charge < -0.3 is 19.3 Å². The molecule has 2 heterocycles. The normalized spacial score (nSPS) is 27.7. The van der Waals surface area contributed by atoms with Crippen molar-refractivity contribution in [3.05, 3.63) is 32.6 Å². The lowest BCUT2D eigenvalue weighted by Crippen LogP contribution is -2.42. The molecule has 26 heavy (non-hydrogen) atoms. The lowest BCUT2D eigenvalue weighted by Gasteiger charge is -2.27. The summed E-state index contributed by atoms with van der Waals surface area (Å²) in [6, 6.07) is 0. The molecule has 0 spiro atoms. The largest absolute Gasteiger partial charge is 0.388 e. The molecule has 1 aromatic rings. The Morgan fingerprint density at radius 2 is 2.04 bits per heavy atom. The Bertz CT molecular complexity index is 720. The minimum absolute atomic E-state index is 0.290. The van der Waals surface area contributed by atoms with E-state index in [4.69, 9.17) is 14.2 Å². The summed E-state index contributed by atoms with van der Waals surface area (Å²) >= 11 is 0. The average Bonchev–Trinajstić information content (AvgIpc) is 2.83. The molecule has 5 unspecified atom stereocenters. The van der Waals surface area contributed by atoms with Gasteiger partial charge in [-0.05, 0) is 18.8 Å². The number of nitrogens with one attached hydrogen (secondary N) is 1. The van der Waals surface area contributed by atoms with Gasteiger partial charge in [0.15, 0.2) is 6.23 Å². The third-order valence-electron chi connectivity index (χ3n) is 4.56. The fourth-order valence-electron chi connectivity index (χ4n) is 3.18. The number of H-pyrrole nitrogens is 1. The van der Waals surface area contributed by atoms with Crippen LogP contribution in [0.3, 0.4) is 0 Å². The van der Waals surface area contributed by atoms with Crippen molar-refractivity contribution in [3.63, 3.8) is 0 Å². The van der Waals surface area contributed by atoms with Crippen molar-refractivity contribution in [2.24, 2.45) is 0 Å². The number of nitrogens with zero attached hydrogens (tertiary/aromatic N) is 1. The van der Waals surface area contributed by atoms with Crippen molar-refractivity contribution < 1.29 is 19.3 Å². The molecule has 8 nitrogen and oxygen atoms in total. The number of ether oxygens (including phenoxy) is 3. The minimum Gasteiger partial charge on any atom is -0.388 e. The van der Waals surface area contributed by atoms with Crippen molar-refractivity contribution in [1.29, 1.82) is 0 Å². The van der Waals surface area contributed by atoms with Gasteiger partial charge >= 0.3 is 5.69 Å². The summed E-state index contributed by atoms with van der Waals surface area (Å²) < 4.78 is 18.2. The number of aromatic nitrogens is 2. The van der Waals surface area contributed by atoms with E-state index in [1.165, 1.54) is 10.8 Å². The summed E-state index contributed by atoms with van der Waals surface area (Å²) in [6.07, 6.45) is -1.14. The molecule has 2 N–H and O–H groups in total. The van der Waals surface area contributed by atoms with Gasteiger partial charge in [0.1, 0.15) is 12.2 Å². The molecule has 0 aromatic carbocycles. The third-order valence-corrected chi connectivity index (χ3v) is 4.56. The molecular formula is C18H30N2O6. The van der Waals surface area contributed by atoms with Crippen molar-refractivity contribution in [1.82, 2.24) is 9.55 Å². The number of hydrogen-bond donors (Lipinski definition) is 2. The molecule has 0 amide bonds. The summed E-state index contributed by atoms with van der Waals surface area (Å²) in [5.74, 6) is 0. The monoisotopic (exact) mass is 370 g/mol. The Kier molecular flexibility index (Phi) is 6.44. The second kappa shape index (κ2) is 8.04. The third kappa shape index (κ3) is 4.25. The summed E-state index contributed by atoms with van der Waals surface area (Å²) in [4.78, 5) is 27.0. The van der Waals surface area contributed by atoms with Crippen LogP contribution < -0.4 is 11.2 Å². The van der Waals surface area contributed by atoms with Crippen LogP contribution in [0, 0.1) is 0 Å². The summed E-state index contributed by atoms with van der Waals surface area (Å²) in [5, 5.41) is 10.6. The molecule has 0 bridgehead atoms. The summed E-state index contributed by atoms with van der Waals surface area (Å²) in [7, 11) is 1.57. The predicted octanol–water partition coefficient (Wildman–Crippen LogP) is 0.923. The molecule has 1 aromatic heterocycles. The van der Waals surface area contributed by atoms with E-state index in [-0.39, 0.29) is 6.10 Å². The number of aliphatic hydroxyl groups is 1. The zero-order valence-corrected chi connectivity index (χ0v) is 16.3. The predicted molar refractivity (Wildman–Crippen MR) is 96.4 cm³/mol. The van der Waals surface area contributed by atoms with Gasteiger partial charge in [-0.1, -0.05) is 27.7 Å². The van der Waals surface area contributed by atoms with Crippen LogP contribution in [0.5, 0.6) is 0 Å². The molecule has 8 heteroatoms. The van der Waals surface area contributed by atoms with E-state index in [0.29, 0.717) is 18.6 Å². The van der Waals surface area contributed by atoms with Gasteiger partial charge in [-0.15, -0.1) is 0 Å². The van der Waals surface area contributed by atoms with Gasteiger partial charge in [0.2, 0.25) is 0 Å². The van der Waals surface area contributed by atoms with E-state index in [0.717, 1.165) is 0 Å². The molecule has 1 saturated heterocycles. The van der Waals surface area contributed by atoms with Crippen LogP contribution in [-0.2, 0) is 19.6 Å². The first-order chi connectivity index (χ1) is 12.1. The van der Waals surface area contributed by atoms with Crippen molar-refractivity contribution in [2.75, 3.05) is 13.7 Å². The van der Waals surface area contributed by atoms with E-state index in [1.54, 1.807) is 7.11 Å². The Morgan fingerprint density at radius 1 is 1.38 bits per heavy atom. The van der Waals surface area contributed by atoms with E-state index in [9.17, 15) is 14.7 Å². The molecule has 0 aliphatic carbocycles. The molecule has 1 aliphatic rings. The molecule has 1 aliphatic heterocycles. The van der Waals surface area contributed by atoms with Gasteiger partial charge in [-0.2, -0.15) is 0 Å². The maximum absolute atomic E-state index is 12.4. The molecule has 0 radical (unpaired) electrons. The highest BCUT2D eigenvalue weighted by Gasteiger charge is 2.46. The molecule has 5 atom stereocenters. The number of aromatic amines is 1. The van der Waals surface area contributed by atoms with Crippen LogP contribution in [0.4, 0.5) is 0 Å². The van der Waals surface area contributed by atoms with Crippen LogP contribution in [0.2, 0.25) is 0 Å². The Balaban J connectivity index is 2.46. The van der Waals surface area contributed by atoms with E-state index < -0.39 is 41.2 Å². The Hall–Kier alpha value is -1.48. The number of aliphatic hydroxyl groups excluding tert-OH is 1. The second-order valence-electron chi connectivity index (χ2n) is 7.79. The highest BCUT2D eigenvalue weighted by atomic mass is 16.6. The van der Waals surface area contributed by atoms with Crippen molar-refractivity contribution in [2.45, 2.75) is 77.1 Å². The Morgan fingerprint density at radius 3 is 2.58 bits per heavy atom. The molecule has 2 rings (SSSR count). The molecule has 1 fully saturated rings. The number of hydrogen-bond acceptors (Lipinski definition) is 6. The van der Waals surface area contributed by atoms with E-state index >= 15 is 0 Å². The first-order valence-corrected chi connectivity index (χ1v) is 8.94. The second-order valence-corrected chi connectivity index (χ2v) is 7.79. The minimum atomic E-state index is -0.888. The standard InChI is InChI=1S/C18H30N2O6/c1-7-12-13(21)14(25-10(2)9-24-6)16(26-12)20-8-11(18(3,4)5)15(22)19-17(20)23/h8,10,12-14,16,21H,7,9H2,1-6H3,(H,19,22,23). The van der Waals surface area contributed by atoms with Gasteiger partial charge in [0, 0.05) is 18.9 Å². The van der Waals surface area contributed by atoms with Gasteiger partial charge in [-0.25, -0.2) is 4.79 Å². The fourth-order valence-corrected chi connectivity index (χ4v) is 3.18. The zero-order valence-electron chi connectivity index (χ0n) is 16.3. The molecule has 148 valence electrons.